The molecule has 3 rings (SSSR count). The second-order valence-corrected chi connectivity index (χ2v) is 5.75. The van der Waals surface area contributed by atoms with Gasteiger partial charge in [-0.25, -0.2) is 9.97 Å². The fourth-order valence-electron chi connectivity index (χ4n) is 2.65. The maximum absolute atomic E-state index is 12.5. The second-order valence-electron chi connectivity index (χ2n) is 5.75. The average molecular weight is 342 g/mol. The molecule has 1 aromatic heterocycles. The highest BCUT2D eigenvalue weighted by Crippen LogP contribution is 2.34. The van der Waals surface area contributed by atoms with Gasteiger partial charge in [0, 0.05) is 31.0 Å². The molecule has 0 unspecified atom stereocenters. The molecule has 7 nitrogen and oxygen atoms in total. The minimum absolute atomic E-state index is 0.201. The van der Waals surface area contributed by atoms with Crippen LogP contribution in [0, 0.1) is 0 Å². The number of anilines is 2. The zero-order valence-electron chi connectivity index (χ0n) is 14.5. The number of carbonyl (C=O) groups excluding carboxylic acids is 1. The van der Waals surface area contributed by atoms with Gasteiger partial charge >= 0.3 is 0 Å². The number of amides is 1. The van der Waals surface area contributed by atoms with Crippen molar-refractivity contribution in [3.8, 4) is 11.5 Å². The van der Waals surface area contributed by atoms with Gasteiger partial charge in [0.2, 0.25) is 12.7 Å². The third-order valence-electron chi connectivity index (χ3n) is 3.78. The smallest absolute Gasteiger partial charge is 0.274 e. The summed E-state index contributed by atoms with van der Waals surface area (Å²) in [6.45, 7) is 6.15. The first kappa shape index (κ1) is 17.0. The van der Waals surface area contributed by atoms with Crippen LogP contribution in [0.15, 0.2) is 30.5 Å². The van der Waals surface area contributed by atoms with Crippen molar-refractivity contribution in [3.63, 3.8) is 0 Å². The van der Waals surface area contributed by atoms with Gasteiger partial charge < -0.3 is 19.7 Å². The van der Waals surface area contributed by atoms with Gasteiger partial charge in [0.05, 0.1) is 0 Å². The number of aromatic nitrogens is 2. The van der Waals surface area contributed by atoms with E-state index in [0.717, 1.165) is 25.9 Å². The highest BCUT2D eigenvalue weighted by molar-refractivity contribution is 6.03. The molecule has 0 aliphatic carbocycles. The molecule has 0 fully saturated rings. The van der Waals surface area contributed by atoms with Crippen molar-refractivity contribution in [3.05, 3.63) is 36.2 Å². The summed E-state index contributed by atoms with van der Waals surface area (Å²) >= 11 is 0. The van der Waals surface area contributed by atoms with Crippen molar-refractivity contribution < 1.29 is 14.3 Å². The van der Waals surface area contributed by atoms with Crippen LogP contribution in [-0.4, -0.2) is 35.8 Å². The van der Waals surface area contributed by atoms with Crippen LogP contribution in [0.25, 0.3) is 0 Å². The Morgan fingerprint density at radius 1 is 1.16 bits per heavy atom. The average Bonchev–Trinajstić information content (AvgIpc) is 3.09. The monoisotopic (exact) mass is 342 g/mol. The molecule has 1 aliphatic heterocycles. The molecule has 1 N–H and O–H groups in total. The third kappa shape index (κ3) is 3.99. The first-order valence-electron chi connectivity index (χ1n) is 8.50. The zero-order chi connectivity index (χ0) is 17.6. The van der Waals surface area contributed by atoms with Crippen LogP contribution in [0.3, 0.4) is 0 Å². The summed E-state index contributed by atoms with van der Waals surface area (Å²) in [5.41, 5.74) is 0.966. The summed E-state index contributed by atoms with van der Waals surface area (Å²) in [5, 5.41) is 2.83. The maximum Gasteiger partial charge on any atom is 0.274 e. The third-order valence-corrected chi connectivity index (χ3v) is 3.78. The van der Waals surface area contributed by atoms with Gasteiger partial charge in [0.15, 0.2) is 11.5 Å². The summed E-state index contributed by atoms with van der Waals surface area (Å²) in [6.07, 6.45) is 3.61. The van der Waals surface area contributed by atoms with Gasteiger partial charge in [-0.15, -0.1) is 0 Å². The largest absolute Gasteiger partial charge is 0.454 e. The second kappa shape index (κ2) is 7.83. The molecule has 0 spiro atoms. The van der Waals surface area contributed by atoms with E-state index in [4.69, 9.17) is 9.47 Å². The fraction of sp³-hybridized carbons (Fsp3) is 0.389. The molecule has 25 heavy (non-hydrogen) atoms. The summed E-state index contributed by atoms with van der Waals surface area (Å²) in [4.78, 5) is 23.3. The van der Waals surface area contributed by atoms with Gasteiger partial charge in [-0.05, 0) is 31.0 Å². The number of hydrogen-bond donors (Lipinski definition) is 1. The maximum atomic E-state index is 12.5. The van der Waals surface area contributed by atoms with Gasteiger partial charge in [0.25, 0.3) is 5.91 Å². The number of nitrogens with zero attached hydrogens (tertiary/aromatic N) is 3. The Bertz CT molecular complexity index is 745. The van der Waals surface area contributed by atoms with Crippen LogP contribution in [0.4, 0.5) is 11.6 Å². The van der Waals surface area contributed by atoms with E-state index in [1.165, 1.54) is 0 Å². The summed E-state index contributed by atoms with van der Waals surface area (Å²) in [7, 11) is 0. The van der Waals surface area contributed by atoms with Crippen LogP contribution in [0.5, 0.6) is 11.5 Å². The number of rotatable bonds is 7. The van der Waals surface area contributed by atoms with Crippen LogP contribution in [-0.2, 0) is 0 Å². The standard InChI is InChI=1S/C18H22N4O3/c1-3-9-22(10-4-2)18-19-8-7-14(21-18)17(23)20-13-5-6-15-16(11-13)25-12-24-15/h5-8,11H,3-4,9-10,12H2,1-2H3,(H,20,23). The van der Waals surface area contributed by atoms with Gasteiger partial charge in [-0.2, -0.15) is 0 Å². The molecular weight excluding hydrogens is 320 g/mol. The number of fused-ring (bicyclic) bond motifs is 1. The van der Waals surface area contributed by atoms with Crippen molar-refractivity contribution in [1.82, 2.24) is 9.97 Å². The number of hydrogen-bond acceptors (Lipinski definition) is 6. The zero-order valence-corrected chi connectivity index (χ0v) is 14.5. The fourth-order valence-corrected chi connectivity index (χ4v) is 2.65. The van der Waals surface area contributed by atoms with E-state index in [1.54, 1.807) is 30.5 Å². The van der Waals surface area contributed by atoms with E-state index < -0.39 is 0 Å². The predicted molar refractivity (Wildman–Crippen MR) is 95.3 cm³/mol. The molecule has 1 amide bonds. The quantitative estimate of drug-likeness (QED) is 0.833. The minimum Gasteiger partial charge on any atom is -0.454 e. The summed E-state index contributed by atoms with van der Waals surface area (Å²) in [5.74, 6) is 1.60. The lowest BCUT2D eigenvalue weighted by atomic mass is 10.2. The predicted octanol–water partition coefficient (Wildman–Crippen LogP) is 3.08. The lowest BCUT2D eigenvalue weighted by Crippen LogP contribution is -2.27. The molecule has 132 valence electrons. The molecule has 2 heterocycles. The van der Waals surface area contributed by atoms with Gasteiger partial charge in [0.1, 0.15) is 5.69 Å². The molecule has 2 aromatic rings. The number of carbonyl (C=O) groups is 1. The molecule has 0 atom stereocenters. The highest BCUT2D eigenvalue weighted by atomic mass is 16.7. The Balaban J connectivity index is 1.74. The van der Waals surface area contributed by atoms with Gasteiger partial charge in [-0.1, -0.05) is 13.8 Å². The van der Waals surface area contributed by atoms with E-state index >= 15 is 0 Å². The molecule has 0 saturated heterocycles. The van der Waals surface area contributed by atoms with Crippen LogP contribution < -0.4 is 19.7 Å². The molecule has 0 radical (unpaired) electrons. The first-order valence-corrected chi connectivity index (χ1v) is 8.50. The molecular formula is C18H22N4O3. The summed E-state index contributed by atoms with van der Waals surface area (Å²) < 4.78 is 10.6. The van der Waals surface area contributed by atoms with E-state index in [-0.39, 0.29) is 12.7 Å². The van der Waals surface area contributed by atoms with Crippen molar-refractivity contribution in [2.75, 3.05) is 30.1 Å². The lowest BCUT2D eigenvalue weighted by Gasteiger charge is -2.21. The Hall–Kier alpha value is -2.83. The molecule has 1 aliphatic rings. The lowest BCUT2D eigenvalue weighted by molar-refractivity contribution is 0.102. The van der Waals surface area contributed by atoms with Crippen molar-refractivity contribution >= 4 is 17.5 Å². The van der Waals surface area contributed by atoms with E-state index in [2.05, 4.69) is 34.0 Å². The SMILES string of the molecule is CCCN(CCC)c1nccc(C(=O)Nc2ccc3c(c2)OCO3)n1. The van der Waals surface area contributed by atoms with Gasteiger partial charge in [-0.3, -0.25) is 4.79 Å². The molecule has 0 bridgehead atoms. The Morgan fingerprint density at radius 2 is 1.92 bits per heavy atom. The number of ether oxygens (including phenoxy) is 2. The van der Waals surface area contributed by atoms with E-state index in [9.17, 15) is 4.79 Å². The highest BCUT2D eigenvalue weighted by Gasteiger charge is 2.16. The van der Waals surface area contributed by atoms with Crippen molar-refractivity contribution in [1.29, 1.82) is 0 Å². The van der Waals surface area contributed by atoms with Crippen LogP contribution >= 0.6 is 0 Å². The van der Waals surface area contributed by atoms with Crippen molar-refractivity contribution in [2.24, 2.45) is 0 Å². The Morgan fingerprint density at radius 3 is 2.68 bits per heavy atom. The Labute approximate surface area is 147 Å². The first-order chi connectivity index (χ1) is 12.2. The minimum atomic E-state index is -0.282. The number of nitrogens with one attached hydrogen (secondary N) is 1. The molecule has 0 saturated carbocycles. The molecule has 1 aromatic carbocycles. The topological polar surface area (TPSA) is 76.6 Å². The normalized spacial score (nSPS) is 12.1. The summed E-state index contributed by atoms with van der Waals surface area (Å²) in [6, 6.07) is 6.90. The van der Waals surface area contributed by atoms with Crippen LogP contribution in [0.2, 0.25) is 0 Å². The van der Waals surface area contributed by atoms with Crippen LogP contribution in [0.1, 0.15) is 37.2 Å². The number of benzene rings is 1. The van der Waals surface area contributed by atoms with Crippen molar-refractivity contribution in [2.45, 2.75) is 26.7 Å². The molecule has 7 heteroatoms. The van der Waals surface area contributed by atoms with E-state index in [1.807, 2.05) is 0 Å². The Kier molecular flexibility index (Phi) is 5.33. The van der Waals surface area contributed by atoms with E-state index in [0.29, 0.717) is 28.8 Å².